The minimum atomic E-state index is 0.00778. The molecule has 0 saturated heterocycles. The van der Waals surface area contributed by atoms with Crippen LogP contribution < -0.4 is 4.90 Å². The zero-order valence-corrected chi connectivity index (χ0v) is 12.5. The average Bonchev–Trinajstić information content (AvgIpc) is 3.03. The molecule has 0 N–H and O–H groups in total. The Hall–Kier alpha value is -2.62. The first-order valence-electron chi connectivity index (χ1n) is 7.42. The van der Waals surface area contributed by atoms with Gasteiger partial charge in [-0.3, -0.25) is 4.79 Å². The summed E-state index contributed by atoms with van der Waals surface area (Å²) in [4.78, 5) is 19.1. The summed E-state index contributed by atoms with van der Waals surface area (Å²) in [6, 6.07) is 13.7. The number of hydrogen-bond donors (Lipinski definition) is 0. The van der Waals surface area contributed by atoms with Gasteiger partial charge in [0.25, 0.3) is 5.91 Å². The largest absolute Gasteiger partial charge is 0.441 e. The Morgan fingerprint density at radius 2 is 2.09 bits per heavy atom. The van der Waals surface area contributed by atoms with Crippen molar-refractivity contribution in [3.63, 3.8) is 0 Å². The van der Waals surface area contributed by atoms with Crippen LogP contribution in [0.15, 0.2) is 46.9 Å². The lowest BCUT2D eigenvalue weighted by Crippen LogP contribution is -2.35. The van der Waals surface area contributed by atoms with Crippen LogP contribution in [0.2, 0.25) is 0 Å². The lowest BCUT2D eigenvalue weighted by atomic mass is 10.1. The summed E-state index contributed by atoms with van der Waals surface area (Å²) in [5.41, 5.74) is 4.30. The van der Waals surface area contributed by atoms with Crippen LogP contribution in [0.4, 0.5) is 5.69 Å². The van der Waals surface area contributed by atoms with Gasteiger partial charge in [-0.05, 0) is 43.2 Å². The molecule has 4 nitrogen and oxygen atoms in total. The van der Waals surface area contributed by atoms with Crippen LogP contribution in [-0.2, 0) is 6.42 Å². The summed E-state index contributed by atoms with van der Waals surface area (Å²) in [5.74, 6) is 0.618. The summed E-state index contributed by atoms with van der Waals surface area (Å²) < 4.78 is 5.54. The van der Waals surface area contributed by atoms with Crippen molar-refractivity contribution in [3.8, 4) is 0 Å². The third-order valence-corrected chi connectivity index (χ3v) is 4.17. The normalized spacial score (nSPS) is 17.0. The predicted octanol–water partition coefficient (Wildman–Crippen LogP) is 3.73. The maximum Gasteiger partial charge on any atom is 0.258 e. The van der Waals surface area contributed by atoms with Crippen LogP contribution in [0, 0.1) is 6.92 Å². The van der Waals surface area contributed by atoms with E-state index < -0.39 is 0 Å². The first-order chi connectivity index (χ1) is 10.6. The van der Waals surface area contributed by atoms with Crippen molar-refractivity contribution >= 4 is 22.7 Å². The van der Waals surface area contributed by atoms with Crippen molar-refractivity contribution in [2.24, 2.45) is 0 Å². The molecule has 110 valence electrons. The molecule has 4 rings (SSSR count). The van der Waals surface area contributed by atoms with Crippen LogP contribution in [0.25, 0.3) is 11.1 Å². The topological polar surface area (TPSA) is 46.3 Å². The van der Waals surface area contributed by atoms with Crippen LogP contribution >= 0.6 is 0 Å². The van der Waals surface area contributed by atoms with E-state index in [9.17, 15) is 4.79 Å². The fourth-order valence-corrected chi connectivity index (χ4v) is 3.19. The number of anilines is 1. The molecule has 3 aromatic rings. The molecule has 0 saturated carbocycles. The number of hydrogen-bond acceptors (Lipinski definition) is 3. The van der Waals surface area contributed by atoms with Gasteiger partial charge in [0.2, 0.25) is 0 Å². The van der Waals surface area contributed by atoms with Crippen molar-refractivity contribution in [2.45, 2.75) is 26.3 Å². The molecule has 0 radical (unpaired) electrons. The number of benzene rings is 2. The quantitative estimate of drug-likeness (QED) is 0.686. The standard InChI is InChI=1S/C18H16N2O2/c1-11-9-13-5-3-4-6-16(13)20(11)18(21)14-7-8-15-17(10-14)22-12(2)19-15/h3-8,10-11H,9H2,1-2H3. The molecule has 22 heavy (non-hydrogen) atoms. The highest BCUT2D eigenvalue weighted by Gasteiger charge is 2.31. The van der Waals surface area contributed by atoms with E-state index >= 15 is 0 Å². The van der Waals surface area contributed by atoms with E-state index in [1.54, 1.807) is 13.0 Å². The van der Waals surface area contributed by atoms with Crippen LogP contribution in [0.1, 0.15) is 28.7 Å². The molecule has 1 aliphatic heterocycles. The Bertz CT molecular complexity index is 882. The molecule has 2 aromatic carbocycles. The summed E-state index contributed by atoms with van der Waals surface area (Å²) in [6.45, 7) is 3.88. The lowest BCUT2D eigenvalue weighted by Gasteiger charge is -2.22. The monoisotopic (exact) mass is 292 g/mol. The fraction of sp³-hybridized carbons (Fsp3) is 0.222. The summed E-state index contributed by atoms with van der Waals surface area (Å²) in [6.07, 6.45) is 0.894. The lowest BCUT2D eigenvalue weighted by molar-refractivity contribution is 0.0981. The van der Waals surface area contributed by atoms with E-state index in [0.717, 1.165) is 17.6 Å². The minimum absolute atomic E-state index is 0.00778. The second kappa shape index (κ2) is 4.70. The van der Waals surface area contributed by atoms with E-state index in [1.807, 2.05) is 35.2 Å². The maximum absolute atomic E-state index is 12.9. The number of aromatic nitrogens is 1. The molecule has 0 bridgehead atoms. The highest BCUT2D eigenvalue weighted by Crippen LogP contribution is 2.33. The van der Waals surface area contributed by atoms with Crippen LogP contribution in [-0.4, -0.2) is 16.9 Å². The van der Waals surface area contributed by atoms with Gasteiger partial charge in [-0.15, -0.1) is 0 Å². The molecule has 0 spiro atoms. The molecule has 1 amide bonds. The number of carbonyl (C=O) groups is 1. The van der Waals surface area contributed by atoms with Crippen LogP contribution in [0.5, 0.6) is 0 Å². The van der Waals surface area contributed by atoms with E-state index in [1.165, 1.54) is 5.56 Å². The fourth-order valence-electron chi connectivity index (χ4n) is 3.19. The second-order valence-electron chi connectivity index (χ2n) is 5.77. The molecule has 4 heteroatoms. The average molecular weight is 292 g/mol. The summed E-state index contributed by atoms with van der Waals surface area (Å²) in [7, 11) is 0. The molecule has 0 aliphatic carbocycles. The Balaban J connectivity index is 1.76. The zero-order valence-electron chi connectivity index (χ0n) is 12.5. The summed E-state index contributed by atoms with van der Waals surface area (Å²) >= 11 is 0. The van der Waals surface area contributed by atoms with E-state index in [4.69, 9.17) is 4.42 Å². The first-order valence-corrected chi connectivity index (χ1v) is 7.42. The first kappa shape index (κ1) is 13.1. The SMILES string of the molecule is Cc1nc2ccc(C(=O)N3c4ccccc4CC3C)cc2o1. The molecule has 1 atom stereocenters. The number of rotatable bonds is 1. The number of aryl methyl sites for hydroxylation is 1. The van der Waals surface area contributed by atoms with Gasteiger partial charge in [-0.1, -0.05) is 18.2 Å². The van der Waals surface area contributed by atoms with Gasteiger partial charge in [-0.2, -0.15) is 0 Å². The van der Waals surface area contributed by atoms with Gasteiger partial charge in [0, 0.05) is 24.2 Å². The number of nitrogens with zero attached hydrogens (tertiary/aromatic N) is 2. The Morgan fingerprint density at radius 3 is 2.95 bits per heavy atom. The van der Waals surface area contributed by atoms with Crippen molar-refractivity contribution < 1.29 is 9.21 Å². The highest BCUT2D eigenvalue weighted by molar-refractivity contribution is 6.08. The number of fused-ring (bicyclic) bond motifs is 2. The van der Waals surface area contributed by atoms with E-state index in [0.29, 0.717) is 17.0 Å². The number of oxazole rings is 1. The Labute approximate surface area is 128 Å². The Kier molecular flexibility index (Phi) is 2.79. The van der Waals surface area contributed by atoms with E-state index in [2.05, 4.69) is 18.0 Å². The highest BCUT2D eigenvalue weighted by atomic mass is 16.3. The molecular weight excluding hydrogens is 276 g/mol. The number of amides is 1. The van der Waals surface area contributed by atoms with Gasteiger partial charge in [0.15, 0.2) is 11.5 Å². The third-order valence-electron chi connectivity index (χ3n) is 4.17. The molecular formula is C18H16N2O2. The second-order valence-corrected chi connectivity index (χ2v) is 5.77. The molecule has 1 aromatic heterocycles. The summed E-state index contributed by atoms with van der Waals surface area (Å²) in [5, 5.41) is 0. The third kappa shape index (κ3) is 1.91. The van der Waals surface area contributed by atoms with E-state index in [-0.39, 0.29) is 11.9 Å². The molecule has 1 aliphatic rings. The molecule has 0 fully saturated rings. The smallest absolute Gasteiger partial charge is 0.258 e. The van der Waals surface area contributed by atoms with Gasteiger partial charge in [-0.25, -0.2) is 4.98 Å². The van der Waals surface area contributed by atoms with Gasteiger partial charge in [0.1, 0.15) is 5.52 Å². The van der Waals surface area contributed by atoms with Gasteiger partial charge < -0.3 is 9.32 Å². The molecule has 1 unspecified atom stereocenters. The van der Waals surface area contributed by atoms with Crippen LogP contribution in [0.3, 0.4) is 0 Å². The number of para-hydroxylation sites is 1. The number of carbonyl (C=O) groups excluding carboxylic acids is 1. The molecule has 2 heterocycles. The Morgan fingerprint density at radius 1 is 1.27 bits per heavy atom. The maximum atomic E-state index is 12.9. The zero-order chi connectivity index (χ0) is 15.3. The van der Waals surface area contributed by atoms with Crippen molar-refractivity contribution in [3.05, 3.63) is 59.5 Å². The van der Waals surface area contributed by atoms with Crippen molar-refractivity contribution in [2.75, 3.05) is 4.90 Å². The minimum Gasteiger partial charge on any atom is -0.441 e. The van der Waals surface area contributed by atoms with Gasteiger partial charge in [0.05, 0.1) is 0 Å². The van der Waals surface area contributed by atoms with Crippen molar-refractivity contribution in [1.82, 2.24) is 4.98 Å². The predicted molar refractivity (Wildman–Crippen MR) is 85.2 cm³/mol. The van der Waals surface area contributed by atoms with Gasteiger partial charge >= 0.3 is 0 Å². The van der Waals surface area contributed by atoms with Crippen molar-refractivity contribution in [1.29, 1.82) is 0 Å².